The van der Waals surface area contributed by atoms with Gasteiger partial charge < -0.3 is 9.64 Å². The van der Waals surface area contributed by atoms with Crippen molar-refractivity contribution in [1.82, 2.24) is 14.9 Å². The molecule has 1 aromatic heterocycles. The number of aryl methyl sites for hydroxylation is 1. The number of fused-ring (bicyclic) bond motifs is 5. The van der Waals surface area contributed by atoms with Crippen LogP contribution in [0.15, 0.2) is 36.4 Å². The van der Waals surface area contributed by atoms with Crippen LogP contribution in [-0.4, -0.2) is 59.4 Å². The smallest absolute Gasteiger partial charge is 0.319 e. The molecule has 3 saturated heterocycles. The third kappa shape index (κ3) is 4.55. The number of hydrogen-bond acceptors (Lipinski definition) is 5. The molecule has 4 aliphatic rings. The fourth-order valence-electron chi connectivity index (χ4n) is 8.47. The minimum atomic E-state index is -0.889. The third-order valence-corrected chi connectivity index (χ3v) is 10.6. The first-order chi connectivity index (χ1) is 20.8. The zero-order valence-corrected chi connectivity index (χ0v) is 24.9. The lowest BCUT2D eigenvalue weighted by molar-refractivity contribution is 0.107. The highest BCUT2D eigenvalue weighted by Crippen LogP contribution is 2.44. The minimum absolute atomic E-state index is 0.0200. The number of aromatic nitrogens is 2. The summed E-state index contributed by atoms with van der Waals surface area (Å²) in [6.07, 6.45) is 4.84. The fraction of sp³-hybridized carbons (Fsp3) is 0.471. The van der Waals surface area contributed by atoms with Gasteiger partial charge in [0, 0.05) is 41.9 Å². The molecule has 3 aromatic carbocycles. The molecule has 3 unspecified atom stereocenters. The van der Waals surface area contributed by atoms with Crippen molar-refractivity contribution in [3.05, 3.63) is 58.6 Å². The summed E-state index contributed by atoms with van der Waals surface area (Å²) in [7, 11) is 0. The highest BCUT2D eigenvalue weighted by Gasteiger charge is 2.49. The number of piperidine rings is 1. The van der Waals surface area contributed by atoms with Crippen molar-refractivity contribution >= 4 is 39.1 Å². The van der Waals surface area contributed by atoms with E-state index in [9.17, 15) is 4.39 Å². The molecular formula is C34H34ClF3N4O. The SMILES string of the molecule is Cc1cc(-c2c(F)cc3c(N4CC5CCC(C5)C4)nc(OCC45CCCN4C[C@H](F)C5)nc3c2F)c2c(Cl)cccc2c1. The van der Waals surface area contributed by atoms with E-state index in [2.05, 4.69) is 14.8 Å². The van der Waals surface area contributed by atoms with Crippen LogP contribution in [0.4, 0.5) is 19.0 Å². The van der Waals surface area contributed by atoms with Crippen LogP contribution in [0, 0.1) is 30.4 Å². The summed E-state index contributed by atoms with van der Waals surface area (Å²) < 4.78 is 53.7. The highest BCUT2D eigenvalue weighted by molar-refractivity contribution is 6.36. The van der Waals surface area contributed by atoms with Gasteiger partial charge in [-0.15, -0.1) is 0 Å². The summed E-state index contributed by atoms with van der Waals surface area (Å²) >= 11 is 6.60. The van der Waals surface area contributed by atoms with Gasteiger partial charge in [-0.25, -0.2) is 13.2 Å². The van der Waals surface area contributed by atoms with Crippen molar-refractivity contribution in [2.24, 2.45) is 11.8 Å². The Morgan fingerprint density at radius 3 is 2.70 bits per heavy atom. The van der Waals surface area contributed by atoms with Crippen molar-refractivity contribution in [3.8, 4) is 17.1 Å². The Morgan fingerprint density at radius 1 is 1.07 bits per heavy atom. The molecule has 4 heterocycles. The van der Waals surface area contributed by atoms with Crippen molar-refractivity contribution in [1.29, 1.82) is 0 Å². The van der Waals surface area contributed by atoms with Crippen molar-refractivity contribution in [3.63, 3.8) is 0 Å². The summed E-state index contributed by atoms with van der Waals surface area (Å²) in [4.78, 5) is 13.7. The van der Waals surface area contributed by atoms with E-state index in [4.69, 9.17) is 21.3 Å². The molecule has 9 heteroatoms. The Bertz CT molecular complexity index is 1760. The zero-order chi connectivity index (χ0) is 29.5. The third-order valence-electron chi connectivity index (χ3n) is 10.3. The first-order valence-corrected chi connectivity index (χ1v) is 15.8. The molecule has 0 amide bonds. The lowest BCUT2D eigenvalue weighted by atomic mass is 9.94. The number of nitrogens with zero attached hydrogens (tertiary/aromatic N) is 4. The second kappa shape index (κ2) is 10.2. The Kier molecular flexibility index (Phi) is 6.53. The Balaban J connectivity index is 1.28. The lowest BCUT2D eigenvalue weighted by Gasteiger charge is -2.34. The molecule has 0 radical (unpaired) electrons. The number of halogens is 4. The van der Waals surface area contributed by atoms with Crippen LogP contribution in [0.1, 0.15) is 44.1 Å². The van der Waals surface area contributed by atoms with E-state index in [-0.39, 0.29) is 23.7 Å². The molecule has 0 N–H and O–H groups in total. The van der Waals surface area contributed by atoms with E-state index in [0.29, 0.717) is 52.0 Å². The second-order valence-electron chi connectivity index (χ2n) is 13.2. The monoisotopic (exact) mass is 606 g/mol. The van der Waals surface area contributed by atoms with Crippen LogP contribution < -0.4 is 9.64 Å². The van der Waals surface area contributed by atoms with Gasteiger partial charge in [-0.05, 0) is 86.1 Å². The molecule has 3 aliphatic heterocycles. The van der Waals surface area contributed by atoms with Gasteiger partial charge in [-0.1, -0.05) is 35.9 Å². The van der Waals surface area contributed by atoms with Crippen LogP contribution in [0.3, 0.4) is 0 Å². The molecule has 4 fully saturated rings. The quantitative estimate of drug-likeness (QED) is 0.231. The Labute approximate surface area is 254 Å². The first kappa shape index (κ1) is 27.4. The highest BCUT2D eigenvalue weighted by atomic mass is 35.5. The molecule has 1 aliphatic carbocycles. The van der Waals surface area contributed by atoms with Crippen molar-refractivity contribution < 1.29 is 17.9 Å². The zero-order valence-electron chi connectivity index (χ0n) is 24.2. The maximum absolute atomic E-state index is 16.8. The second-order valence-corrected chi connectivity index (χ2v) is 13.6. The standard InChI is InChI=1S/C34H34ClF3N4O/c1-19-10-22-4-2-5-26(35)28(22)24(11-19)29-27(37)13-25-31(30(29)38)39-33(40-32(25)41-15-20-6-7-21(12-20)16-41)43-18-34-8-3-9-42(34)17-23(36)14-34/h2,4-5,10-11,13,20-21,23H,3,6-9,12,14-18H2,1H3/t20?,21?,23-,34?/m1/s1. The predicted octanol–water partition coefficient (Wildman–Crippen LogP) is 7.88. The molecular weight excluding hydrogens is 573 g/mol. The molecule has 8 rings (SSSR count). The van der Waals surface area contributed by atoms with Gasteiger partial charge in [0.2, 0.25) is 0 Å². The average molecular weight is 607 g/mol. The van der Waals surface area contributed by atoms with Gasteiger partial charge in [0.25, 0.3) is 0 Å². The lowest BCUT2D eigenvalue weighted by Crippen LogP contribution is -2.43. The predicted molar refractivity (Wildman–Crippen MR) is 164 cm³/mol. The van der Waals surface area contributed by atoms with E-state index in [1.54, 1.807) is 12.1 Å². The summed E-state index contributed by atoms with van der Waals surface area (Å²) in [5, 5.41) is 2.15. The van der Waals surface area contributed by atoms with E-state index < -0.39 is 23.3 Å². The molecule has 224 valence electrons. The molecule has 4 atom stereocenters. The summed E-state index contributed by atoms with van der Waals surface area (Å²) in [5.41, 5.74) is 0.706. The summed E-state index contributed by atoms with van der Waals surface area (Å²) in [6, 6.07) is 10.6. The van der Waals surface area contributed by atoms with Crippen LogP contribution in [0.5, 0.6) is 6.01 Å². The van der Waals surface area contributed by atoms with Crippen LogP contribution in [0.2, 0.25) is 5.02 Å². The summed E-state index contributed by atoms with van der Waals surface area (Å²) in [5.74, 6) is 0.127. The Morgan fingerprint density at radius 2 is 1.88 bits per heavy atom. The number of hydrogen-bond donors (Lipinski definition) is 0. The number of rotatable bonds is 5. The first-order valence-electron chi connectivity index (χ1n) is 15.4. The van der Waals surface area contributed by atoms with E-state index >= 15 is 8.78 Å². The number of alkyl halides is 1. The van der Waals surface area contributed by atoms with Crippen molar-refractivity contribution in [2.75, 3.05) is 37.7 Å². The number of ether oxygens (including phenoxy) is 1. The molecule has 5 nitrogen and oxygen atoms in total. The van der Waals surface area contributed by atoms with Gasteiger partial charge in [-0.2, -0.15) is 9.97 Å². The van der Waals surface area contributed by atoms with Crippen LogP contribution >= 0.6 is 11.6 Å². The van der Waals surface area contributed by atoms with Gasteiger partial charge >= 0.3 is 6.01 Å². The van der Waals surface area contributed by atoms with Gasteiger partial charge in [-0.3, -0.25) is 4.90 Å². The topological polar surface area (TPSA) is 41.5 Å². The number of benzene rings is 3. The van der Waals surface area contributed by atoms with E-state index in [0.717, 1.165) is 56.3 Å². The molecule has 0 spiro atoms. The molecule has 43 heavy (non-hydrogen) atoms. The van der Waals surface area contributed by atoms with Crippen molar-refractivity contribution in [2.45, 2.75) is 57.2 Å². The Hall–Kier alpha value is -3.10. The largest absolute Gasteiger partial charge is 0.461 e. The van der Waals surface area contributed by atoms with Gasteiger partial charge in [0.05, 0.1) is 11.1 Å². The normalized spacial score (nSPS) is 27.0. The molecule has 2 bridgehead atoms. The van der Waals surface area contributed by atoms with Crippen LogP contribution in [0.25, 0.3) is 32.8 Å². The number of anilines is 1. The molecule has 1 saturated carbocycles. The fourth-order valence-corrected chi connectivity index (χ4v) is 8.75. The summed E-state index contributed by atoms with van der Waals surface area (Å²) in [6.45, 7) is 4.95. The maximum atomic E-state index is 16.8. The average Bonchev–Trinajstić information content (AvgIpc) is 3.62. The minimum Gasteiger partial charge on any atom is -0.461 e. The van der Waals surface area contributed by atoms with Crippen LogP contribution in [-0.2, 0) is 0 Å². The van der Waals surface area contributed by atoms with E-state index in [1.807, 2.05) is 25.1 Å². The maximum Gasteiger partial charge on any atom is 0.319 e. The van der Waals surface area contributed by atoms with E-state index in [1.165, 1.54) is 12.5 Å². The van der Waals surface area contributed by atoms with Gasteiger partial charge in [0.1, 0.15) is 29.9 Å². The van der Waals surface area contributed by atoms with Gasteiger partial charge in [0.15, 0.2) is 5.82 Å². The molecule has 4 aromatic rings.